The van der Waals surface area contributed by atoms with E-state index in [0.29, 0.717) is 38.2 Å². The minimum Gasteiger partial charge on any atom is -0.449 e. The number of piperazine rings is 1. The summed E-state index contributed by atoms with van der Waals surface area (Å²) in [6.45, 7) is 4.00. The van der Waals surface area contributed by atoms with Crippen molar-refractivity contribution in [3.8, 4) is 0 Å². The van der Waals surface area contributed by atoms with Gasteiger partial charge < -0.3 is 24.3 Å². The molecule has 1 saturated carbocycles. The van der Waals surface area contributed by atoms with Crippen molar-refractivity contribution in [1.82, 2.24) is 14.7 Å². The number of fused-ring (bicyclic) bond motifs is 2. The molecule has 1 aliphatic carbocycles. The molecule has 3 aliphatic heterocycles. The lowest BCUT2D eigenvalue weighted by Gasteiger charge is -2.37. The molecule has 3 fully saturated rings. The number of ether oxygens (including phenoxy) is 1. The van der Waals surface area contributed by atoms with Gasteiger partial charge in [-0.1, -0.05) is 30.3 Å². The largest absolute Gasteiger partial charge is 0.449 e. The van der Waals surface area contributed by atoms with Crippen molar-refractivity contribution in [2.75, 3.05) is 58.3 Å². The van der Waals surface area contributed by atoms with Gasteiger partial charge in [-0.05, 0) is 36.6 Å². The first kappa shape index (κ1) is 22.9. The topological polar surface area (TPSA) is 73.4 Å². The Bertz CT molecular complexity index is 1210. The number of hydrogen-bond acceptors (Lipinski definition) is 5. The summed E-state index contributed by atoms with van der Waals surface area (Å²) in [5.41, 5.74) is 2.53. The van der Waals surface area contributed by atoms with Crippen LogP contribution in [0.25, 0.3) is 0 Å². The van der Waals surface area contributed by atoms with E-state index in [1.54, 1.807) is 25.1 Å². The van der Waals surface area contributed by atoms with Crippen LogP contribution in [0.2, 0.25) is 0 Å². The first-order chi connectivity index (χ1) is 17.3. The molecule has 4 aliphatic rings. The van der Waals surface area contributed by atoms with Gasteiger partial charge in [0.1, 0.15) is 0 Å². The number of hydrogen-bond donors (Lipinski definition) is 0. The molecule has 8 heteroatoms. The fourth-order valence-corrected chi connectivity index (χ4v) is 6.09. The van der Waals surface area contributed by atoms with Crippen LogP contribution in [0, 0.1) is 0 Å². The van der Waals surface area contributed by atoms with Crippen LogP contribution in [0.1, 0.15) is 40.7 Å². The van der Waals surface area contributed by atoms with Crippen LogP contribution >= 0.6 is 0 Å². The van der Waals surface area contributed by atoms with Crippen molar-refractivity contribution in [3.63, 3.8) is 0 Å². The maximum Gasteiger partial charge on any atom is 0.339 e. The Morgan fingerprint density at radius 2 is 1.56 bits per heavy atom. The number of rotatable bonds is 3. The van der Waals surface area contributed by atoms with Gasteiger partial charge in [-0.25, -0.2) is 9.59 Å². The number of benzene rings is 2. The van der Waals surface area contributed by atoms with E-state index in [2.05, 4.69) is 29.2 Å². The Hall–Kier alpha value is -3.55. The Morgan fingerprint density at radius 3 is 2.22 bits per heavy atom. The van der Waals surface area contributed by atoms with E-state index in [9.17, 15) is 14.4 Å². The molecule has 8 nitrogen and oxygen atoms in total. The van der Waals surface area contributed by atoms with Gasteiger partial charge >= 0.3 is 12.0 Å². The lowest BCUT2D eigenvalue weighted by Crippen LogP contribution is -2.51. The van der Waals surface area contributed by atoms with Crippen molar-refractivity contribution >= 4 is 23.6 Å². The van der Waals surface area contributed by atoms with Crippen molar-refractivity contribution in [2.24, 2.45) is 0 Å². The van der Waals surface area contributed by atoms with Crippen LogP contribution < -0.4 is 4.90 Å². The van der Waals surface area contributed by atoms with Crippen LogP contribution in [0.4, 0.5) is 10.5 Å². The minimum absolute atomic E-state index is 0.0544. The van der Waals surface area contributed by atoms with Gasteiger partial charge in [0.25, 0.3) is 0 Å². The highest BCUT2D eigenvalue weighted by Gasteiger charge is 2.57. The molecule has 1 spiro atoms. The zero-order chi connectivity index (χ0) is 25.1. The Kier molecular flexibility index (Phi) is 5.24. The third kappa shape index (κ3) is 3.53. The summed E-state index contributed by atoms with van der Waals surface area (Å²) < 4.78 is 5.85. The molecular weight excluding hydrogens is 456 g/mol. The predicted octanol–water partition coefficient (Wildman–Crippen LogP) is 2.82. The number of esters is 1. The smallest absolute Gasteiger partial charge is 0.339 e. The summed E-state index contributed by atoms with van der Waals surface area (Å²) >= 11 is 0. The molecule has 3 heterocycles. The average Bonchev–Trinajstić information content (AvgIpc) is 3.54. The lowest BCUT2D eigenvalue weighted by atomic mass is 9.91. The molecule has 0 aromatic heterocycles. The maximum atomic E-state index is 13.7. The zero-order valence-corrected chi connectivity index (χ0v) is 20.9. The first-order valence-electron chi connectivity index (χ1n) is 12.8. The molecule has 2 saturated heterocycles. The molecule has 0 N–H and O–H groups in total. The van der Waals surface area contributed by atoms with E-state index in [1.807, 2.05) is 28.0 Å². The third-order valence-corrected chi connectivity index (χ3v) is 8.32. The summed E-state index contributed by atoms with van der Waals surface area (Å²) in [5, 5.41) is 0. The fraction of sp³-hybridized carbons (Fsp3) is 0.464. The number of anilines is 1. The van der Waals surface area contributed by atoms with Crippen molar-refractivity contribution in [3.05, 3.63) is 65.2 Å². The summed E-state index contributed by atoms with van der Waals surface area (Å²) in [7, 11) is 3.56. The standard InChI is InChI=1S/C28H32N4O4/c1-29(2)26(35)31-17-15-30(16-18-31)21-9-7-20(8-10-21)27(11-12-27)25(34)32-14-13-28(19-32)23-6-4-3-5-22(23)24(33)36-28/h3-10H,11-19H2,1-2H3/t28-/m0/s1. The highest BCUT2D eigenvalue weighted by molar-refractivity contribution is 5.96. The van der Waals surface area contributed by atoms with Crippen LogP contribution in [0.15, 0.2) is 48.5 Å². The Labute approximate surface area is 211 Å². The molecular formula is C28H32N4O4. The van der Waals surface area contributed by atoms with Gasteiger partial charge in [0.05, 0.1) is 17.5 Å². The lowest BCUT2D eigenvalue weighted by molar-refractivity contribution is -0.134. The van der Waals surface area contributed by atoms with E-state index >= 15 is 0 Å². The summed E-state index contributed by atoms with van der Waals surface area (Å²) in [6, 6.07) is 16.0. The second kappa shape index (κ2) is 8.25. The maximum absolute atomic E-state index is 13.7. The summed E-state index contributed by atoms with van der Waals surface area (Å²) in [5.74, 6) is -0.146. The number of likely N-dealkylation sites (tertiary alicyclic amines) is 1. The first-order valence-corrected chi connectivity index (χ1v) is 12.8. The van der Waals surface area contributed by atoms with E-state index < -0.39 is 11.0 Å². The summed E-state index contributed by atoms with van der Waals surface area (Å²) in [4.78, 5) is 46.1. The number of carbonyl (C=O) groups is 3. The second-order valence-electron chi connectivity index (χ2n) is 10.7. The van der Waals surface area contributed by atoms with Gasteiger partial charge in [0.15, 0.2) is 5.60 Å². The van der Waals surface area contributed by atoms with Crippen molar-refractivity contribution in [1.29, 1.82) is 0 Å². The highest BCUT2D eigenvalue weighted by Crippen LogP contribution is 2.52. The molecule has 3 amide bonds. The number of amides is 3. The molecule has 0 radical (unpaired) electrons. The molecule has 0 bridgehead atoms. The molecule has 36 heavy (non-hydrogen) atoms. The quantitative estimate of drug-likeness (QED) is 0.622. The minimum atomic E-state index is -0.709. The van der Waals surface area contributed by atoms with Crippen LogP contribution in [0.5, 0.6) is 0 Å². The van der Waals surface area contributed by atoms with Gasteiger partial charge in [-0.2, -0.15) is 0 Å². The summed E-state index contributed by atoms with van der Waals surface area (Å²) in [6.07, 6.45) is 2.32. The van der Waals surface area contributed by atoms with Crippen LogP contribution in [-0.2, 0) is 20.5 Å². The molecule has 6 rings (SSSR count). The molecule has 2 aromatic rings. The van der Waals surface area contributed by atoms with Gasteiger partial charge in [0, 0.05) is 64.5 Å². The SMILES string of the molecule is CN(C)C(=O)N1CCN(c2ccc(C3(C(=O)N4CC[C@@]5(C4)OC(=O)c4ccccc45)CC3)cc2)CC1. The highest BCUT2D eigenvalue weighted by atomic mass is 16.6. The Balaban J connectivity index is 1.13. The average molecular weight is 489 g/mol. The van der Waals surface area contributed by atoms with E-state index in [0.717, 1.165) is 42.7 Å². The number of carbonyl (C=O) groups excluding carboxylic acids is 3. The van der Waals surface area contributed by atoms with Crippen LogP contribution in [-0.4, -0.2) is 86.0 Å². The second-order valence-corrected chi connectivity index (χ2v) is 10.7. The van der Waals surface area contributed by atoms with E-state index in [4.69, 9.17) is 4.74 Å². The van der Waals surface area contributed by atoms with Gasteiger partial charge in [-0.3, -0.25) is 4.79 Å². The van der Waals surface area contributed by atoms with E-state index in [-0.39, 0.29) is 17.9 Å². The number of urea groups is 1. The van der Waals surface area contributed by atoms with Gasteiger partial charge in [0.2, 0.25) is 5.91 Å². The van der Waals surface area contributed by atoms with Crippen molar-refractivity contribution in [2.45, 2.75) is 30.3 Å². The van der Waals surface area contributed by atoms with Crippen LogP contribution in [0.3, 0.4) is 0 Å². The third-order valence-electron chi connectivity index (χ3n) is 8.32. The van der Waals surface area contributed by atoms with Crippen molar-refractivity contribution < 1.29 is 19.1 Å². The predicted molar refractivity (Wildman–Crippen MR) is 135 cm³/mol. The molecule has 0 unspecified atom stereocenters. The zero-order valence-electron chi connectivity index (χ0n) is 20.9. The Morgan fingerprint density at radius 1 is 0.861 bits per heavy atom. The fourth-order valence-electron chi connectivity index (χ4n) is 6.09. The normalized spacial score (nSPS) is 24.1. The molecule has 1 atom stereocenters. The number of nitrogens with zero attached hydrogens (tertiary/aromatic N) is 4. The van der Waals surface area contributed by atoms with Gasteiger partial charge in [-0.15, -0.1) is 0 Å². The molecule has 2 aromatic carbocycles. The monoisotopic (exact) mass is 488 g/mol. The van der Waals surface area contributed by atoms with E-state index in [1.165, 1.54) is 0 Å². The molecule has 188 valence electrons.